The molecule has 12 nitrogen and oxygen atoms in total. The maximum atomic E-state index is 12.5. The molecule has 0 unspecified atom stereocenters. The largest absolute Gasteiger partial charge is 0.481 e. The molecule has 1 amide bonds. The van der Waals surface area contributed by atoms with Crippen LogP contribution < -0.4 is 16.6 Å². The number of aromatic nitrogens is 4. The fourth-order valence-electron chi connectivity index (χ4n) is 4.82. The molecule has 0 aromatic heterocycles. The van der Waals surface area contributed by atoms with Crippen molar-refractivity contribution in [1.82, 2.24) is 24.4 Å². The van der Waals surface area contributed by atoms with Crippen molar-refractivity contribution >= 4 is 28.8 Å². The highest BCUT2D eigenvalue weighted by Crippen LogP contribution is 2.29. The van der Waals surface area contributed by atoms with Crippen LogP contribution in [-0.4, -0.2) is 66.3 Å². The van der Waals surface area contributed by atoms with Gasteiger partial charge in [0.2, 0.25) is 0 Å². The summed E-state index contributed by atoms with van der Waals surface area (Å²) in [6, 6.07) is 3.87. The first-order chi connectivity index (χ1) is 18.4. The zero-order valence-electron chi connectivity index (χ0n) is 22.9. The number of carbonyl (C=O) groups is 2. The summed E-state index contributed by atoms with van der Waals surface area (Å²) in [5.41, 5.74) is 1.33. The summed E-state index contributed by atoms with van der Waals surface area (Å²) in [6.07, 6.45) is 3.42. The lowest BCUT2D eigenvalue weighted by atomic mass is 10.1. The maximum Gasteiger partial charge on any atom is 0.410 e. The maximum absolute atomic E-state index is 12.5. The molecule has 210 valence electrons. The van der Waals surface area contributed by atoms with Gasteiger partial charge in [-0.2, -0.15) is 4.98 Å². The van der Waals surface area contributed by atoms with Crippen LogP contribution >= 0.6 is 0 Å². The van der Waals surface area contributed by atoms with E-state index in [1.165, 1.54) is 0 Å². The fraction of sp³-hybridized carbons (Fsp3) is 0.556. The van der Waals surface area contributed by atoms with Crippen LogP contribution in [-0.2, 0) is 16.1 Å². The molecule has 1 atom stereocenters. The summed E-state index contributed by atoms with van der Waals surface area (Å²) in [5, 5.41) is 12.4. The third kappa shape index (κ3) is 6.92. The smallest absolute Gasteiger partial charge is 0.410 e. The van der Waals surface area contributed by atoms with Gasteiger partial charge < -0.3 is 24.6 Å². The number of fused-ring (bicyclic) bond motifs is 2. The first-order valence-corrected chi connectivity index (χ1v) is 13.3. The van der Waals surface area contributed by atoms with Crippen molar-refractivity contribution in [2.75, 3.05) is 18.4 Å². The highest BCUT2D eigenvalue weighted by Gasteiger charge is 2.30. The van der Waals surface area contributed by atoms with E-state index in [1.807, 2.05) is 44.4 Å². The topological polar surface area (TPSA) is 160 Å². The average Bonchev–Trinajstić information content (AvgIpc) is 3.29. The SMILES string of the molecule is Cc1cc2nc3c(=O)[nH]c(=O)nc-3n(CCCCCCC(=O)O)c2cc1N[C@@H]1CCN(C(=O)OC(C)(C)C)C1. The number of carboxylic acids is 1. The van der Waals surface area contributed by atoms with Crippen molar-refractivity contribution in [3.05, 3.63) is 38.5 Å². The molecule has 0 spiro atoms. The van der Waals surface area contributed by atoms with Crippen molar-refractivity contribution in [3.63, 3.8) is 0 Å². The highest BCUT2D eigenvalue weighted by molar-refractivity contribution is 5.84. The van der Waals surface area contributed by atoms with Gasteiger partial charge in [-0.15, -0.1) is 0 Å². The van der Waals surface area contributed by atoms with Crippen molar-refractivity contribution in [1.29, 1.82) is 0 Å². The van der Waals surface area contributed by atoms with Crippen LogP contribution in [0.4, 0.5) is 10.5 Å². The van der Waals surface area contributed by atoms with Crippen LogP contribution in [0.2, 0.25) is 0 Å². The molecule has 1 fully saturated rings. The van der Waals surface area contributed by atoms with Gasteiger partial charge in [0.25, 0.3) is 5.56 Å². The van der Waals surface area contributed by atoms with Crippen molar-refractivity contribution < 1.29 is 19.4 Å². The number of rotatable bonds is 9. The van der Waals surface area contributed by atoms with E-state index in [2.05, 4.69) is 20.3 Å². The molecule has 0 aliphatic carbocycles. The first-order valence-electron chi connectivity index (χ1n) is 13.3. The summed E-state index contributed by atoms with van der Waals surface area (Å²) in [4.78, 5) is 60.4. The molecule has 0 radical (unpaired) electrons. The van der Waals surface area contributed by atoms with Gasteiger partial charge in [-0.3, -0.25) is 14.6 Å². The van der Waals surface area contributed by atoms with Crippen molar-refractivity contribution in [3.8, 4) is 11.5 Å². The number of benzene rings is 1. The van der Waals surface area contributed by atoms with E-state index in [4.69, 9.17) is 9.84 Å². The Balaban J connectivity index is 1.61. The summed E-state index contributed by atoms with van der Waals surface area (Å²) >= 11 is 0. The van der Waals surface area contributed by atoms with E-state index in [0.717, 1.165) is 36.0 Å². The van der Waals surface area contributed by atoms with Crippen LogP contribution in [0.1, 0.15) is 64.9 Å². The molecule has 1 aromatic rings. The summed E-state index contributed by atoms with van der Waals surface area (Å²) < 4.78 is 7.35. The van der Waals surface area contributed by atoms with E-state index < -0.39 is 22.8 Å². The lowest BCUT2D eigenvalue weighted by Gasteiger charge is -2.25. The van der Waals surface area contributed by atoms with Crippen LogP contribution in [0.25, 0.3) is 22.6 Å². The van der Waals surface area contributed by atoms with E-state index in [1.54, 1.807) is 4.90 Å². The number of hydrogen-bond acceptors (Lipinski definition) is 8. The Kier molecular flexibility index (Phi) is 8.22. The molecule has 12 heteroatoms. The molecule has 4 rings (SSSR count). The second kappa shape index (κ2) is 11.4. The number of aryl methyl sites for hydroxylation is 2. The van der Waals surface area contributed by atoms with E-state index in [9.17, 15) is 19.2 Å². The van der Waals surface area contributed by atoms with E-state index in [0.29, 0.717) is 38.0 Å². The number of amides is 1. The molecule has 0 bridgehead atoms. The van der Waals surface area contributed by atoms with Gasteiger partial charge in [0.05, 0.1) is 11.0 Å². The Labute approximate surface area is 225 Å². The monoisotopic (exact) mass is 540 g/mol. The minimum Gasteiger partial charge on any atom is -0.481 e. The lowest BCUT2D eigenvalue weighted by molar-refractivity contribution is -0.137. The second-order valence-corrected chi connectivity index (χ2v) is 11.1. The highest BCUT2D eigenvalue weighted by atomic mass is 16.6. The zero-order valence-corrected chi connectivity index (χ0v) is 22.9. The summed E-state index contributed by atoms with van der Waals surface area (Å²) in [5.74, 6) is -0.595. The lowest BCUT2D eigenvalue weighted by Crippen LogP contribution is -2.36. The predicted molar refractivity (Wildman–Crippen MR) is 146 cm³/mol. The van der Waals surface area contributed by atoms with E-state index in [-0.39, 0.29) is 30.1 Å². The van der Waals surface area contributed by atoms with Crippen molar-refractivity contribution in [2.24, 2.45) is 0 Å². The van der Waals surface area contributed by atoms with Gasteiger partial charge in [-0.05, 0) is 64.7 Å². The number of hydrogen-bond donors (Lipinski definition) is 3. The molecule has 1 aromatic carbocycles. The number of carbonyl (C=O) groups excluding carboxylic acids is 1. The Bertz CT molecular complexity index is 1460. The number of aliphatic carboxylic acids is 1. The van der Waals surface area contributed by atoms with Gasteiger partial charge >= 0.3 is 17.8 Å². The number of H-pyrrole nitrogens is 1. The van der Waals surface area contributed by atoms with Gasteiger partial charge in [0.15, 0.2) is 11.5 Å². The molecule has 3 aliphatic heterocycles. The number of nitrogens with zero attached hydrogens (tertiary/aromatic N) is 4. The number of ether oxygens (including phenoxy) is 1. The van der Waals surface area contributed by atoms with Gasteiger partial charge in [-0.25, -0.2) is 14.6 Å². The number of carboxylic acid groups (broad SMARTS) is 1. The van der Waals surface area contributed by atoms with Crippen LogP contribution in [0.5, 0.6) is 0 Å². The molecule has 3 heterocycles. The van der Waals surface area contributed by atoms with Gasteiger partial charge in [-0.1, -0.05) is 12.8 Å². The first kappa shape index (κ1) is 28.1. The quantitative estimate of drug-likeness (QED) is 0.273. The number of aromatic amines is 1. The van der Waals surface area contributed by atoms with Crippen molar-refractivity contribution in [2.45, 2.75) is 84.4 Å². The molecular formula is C27H36N6O6. The third-order valence-electron chi connectivity index (χ3n) is 6.68. The Morgan fingerprint density at radius 3 is 2.62 bits per heavy atom. The Morgan fingerprint density at radius 1 is 1.15 bits per heavy atom. The minimum absolute atomic E-state index is 0.0268. The van der Waals surface area contributed by atoms with Crippen LogP contribution in [0, 0.1) is 6.92 Å². The minimum atomic E-state index is -0.811. The Morgan fingerprint density at radius 2 is 1.90 bits per heavy atom. The summed E-state index contributed by atoms with van der Waals surface area (Å²) in [7, 11) is 0. The summed E-state index contributed by atoms with van der Waals surface area (Å²) in [6.45, 7) is 9.06. The number of unbranched alkanes of at least 4 members (excludes halogenated alkanes) is 3. The van der Waals surface area contributed by atoms with Gasteiger partial charge in [0.1, 0.15) is 5.60 Å². The fourth-order valence-corrected chi connectivity index (χ4v) is 4.82. The molecular weight excluding hydrogens is 504 g/mol. The second-order valence-electron chi connectivity index (χ2n) is 11.1. The standard InChI is InChI=1S/C27H36N6O6/c1-16-13-19-20(14-18(16)28-17-10-12-32(15-17)26(38)39-27(2,3)4)33(11-8-6-5-7-9-21(34)35)23-22(29-19)24(36)31-25(37)30-23/h13-14,17,28H,5-12,15H2,1-4H3,(H,34,35)(H,31,36,37)/t17-/m1/s1. The third-order valence-corrected chi connectivity index (χ3v) is 6.68. The molecule has 3 aliphatic rings. The van der Waals surface area contributed by atoms with E-state index >= 15 is 0 Å². The average molecular weight is 541 g/mol. The number of likely N-dealkylation sites (tertiary alicyclic amines) is 1. The molecule has 3 N–H and O–H groups in total. The molecule has 39 heavy (non-hydrogen) atoms. The zero-order chi connectivity index (χ0) is 28.3. The Hall–Kier alpha value is -3.96. The van der Waals surface area contributed by atoms with Crippen LogP contribution in [0.3, 0.4) is 0 Å². The molecule has 1 saturated heterocycles. The number of anilines is 1. The molecule has 0 saturated carbocycles. The van der Waals surface area contributed by atoms with Crippen LogP contribution in [0.15, 0.2) is 21.7 Å². The van der Waals surface area contributed by atoms with Gasteiger partial charge in [0, 0.05) is 37.8 Å². The number of nitrogens with one attached hydrogen (secondary N) is 2. The normalized spacial score (nSPS) is 15.7. The predicted octanol–water partition coefficient (Wildman–Crippen LogP) is 3.35.